The number of benzene rings is 2. The molecule has 0 bridgehead atoms. The summed E-state index contributed by atoms with van der Waals surface area (Å²) in [5, 5.41) is 9.89. The van der Waals surface area contributed by atoms with Crippen molar-refractivity contribution in [3.63, 3.8) is 0 Å². The van der Waals surface area contributed by atoms with E-state index in [9.17, 15) is 5.11 Å². The molecule has 0 radical (unpaired) electrons. The van der Waals surface area contributed by atoms with Crippen molar-refractivity contribution in [3.8, 4) is 0 Å². The third kappa shape index (κ3) is 3.04. The SMILES string of the molecule is CCC(O)CSC(C)=C1c2ccccc2N(C)c2ccccc21. The van der Waals surface area contributed by atoms with E-state index in [0.717, 1.165) is 12.2 Å². The molecule has 1 unspecified atom stereocenters. The molecule has 2 aromatic rings. The van der Waals surface area contributed by atoms with E-state index >= 15 is 0 Å². The lowest BCUT2D eigenvalue weighted by Crippen LogP contribution is -2.18. The first-order valence-electron chi connectivity index (χ1n) is 8.07. The van der Waals surface area contributed by atoms with Crippen molar-refractivity contribution < 1.29 is 5.11 Å². The molecule has 2 aromatic carbocycles. The van der Waals surface area contributed by atoms with E-state index < -0.39 is 0 Å². The summed E-state index contributed by atoms with van der Waals surface area (Å²) in [6.07, 6.45) is 0.554. The van der Waals surface area contributed by atoms with Gasteiger partial charge in [0.1, 0.15) is 0 Å². The molecule has 1 heterocycles. The molecule has 3 heteroatoms. The quantitative estimate of drug-likeness (QED) is 0.851. The number of fused-ring (bicyclic) bond motifs is 2. The van der Waals surface area contributed by atoms with Crippen molar-refractivity contribution in [2.75, 3.05) is 17.7 Å². The van der Waals surface area contributed by atoms with Gasteiger partial charge in [0, 0.05) is 40.9 Å². The fraction of sp³-hybridized carbons (Fsp3) is 0.300. The topological polar surface area (TPSA) is 23.5 Å². The molecule has 2 nitrogen and oxygen atoms in total. The number of thioether (sulfide) groups is 1. The molecular formula is C20H23NOS. The van der Waals surface area contributed by atoms with Crippen molar-refractivity contribution in [2.45, 2.75) is 26.4 Å². The number of rotatable bonds is 4. The van der Waals surface area contributed by atoms with Gasteiger partial charge < -0.3 is 10.0 Å². The Hall–Kier alpha value is -1.71. The number of allylic oxidation sites excluding steroid dienone is 1. The Morgan fingerprint density at radius 2 is 1.57 bits per heavy atom. The van der Waals surface area contributed by atoms with E-state index in [4.69, 9.17) is 0 Å². The minimum Gasteiger partial charge on any atom is -0.392 e. The van der Waals surface area contributed by atoms with Crippen molar-refractivity contribution in [3.05, 3.63) is 64.6 Å². The van der Waals surface area contributed by atoms with Gasteiger partial charge >= 0.3 is 0 Å². The molecule has 1 aliphatic heterocycles. The summed E-state index contributed by atoms with van der Waals surface area (Å²) in [6.45, 7) is 4.19. The van der Waals surface area contributed by atoms with Crippen LogP contribution in [-0.2, 0) is 0 Å². The van der Waals surface area contributed by atoms with Gasteiger partial charge in [-0.15, -0.1) is 11.8 Å². The first kappa shape index (κ1) is 16.2. The summed E-state index contributed by atoms with van der Waals surface area (Å²) in [5.74, 6) is 0.742. The second-order valence-corrected chi connectivity index (χ2v) is 7.13. The largest absolute Gasteiger partial charge is 0.392 e. The number of aliphatic hydroxyl groups excluding tert-OH is 1. The van der Waals surface area contributed by atoms with Crippen LogP contribution in [0.4, 0.5) is 11.4 Å². The lowest BCUT2D eigenvalue weighted by atomic mass is 9.90. The molecule has 3 rings (SSSR count). The molecular weight excluding hydrogens is 302 g/mol. The van der Waals surface area contributed by atoms with Crippen LogP contribution in [0.5, 0.6) is 0 Å². The van der Waals surface area contributed by atoms with Crippen LogP contribution in [0.1, 0.15) is 31.4 Å². The van der Waals surface area contributed by atoms with E-state index in [-0.39, 0.29) is 6.10 Å². The van der Waals surface area contributed by atoms with Crippen LogP contribution in [0.3, 0.4) is 0 Å². The Morgan fingerprint density at radius 1 is 1.04 bits per heavy atom. The number of anilines is 2. The van der Waals surface area contributed by atoms with Crippen LogP contribution < -0.4 is 4.90 Å². The minimum absolute atomic E-state index is 0.243. The highest BCUT2D eigenvalue weighted by Crippen LogP contribution is 2.46. The lowest BCUT2D eigenvalue weighted by Gasteiger charge is -2.32. The van der Waals surface area contributed by atoms with E-state index in [1.54, 1.807) is 11.8 Å². The van der Waals surface area contributed by atoms with Crippen molar-refractivity contribution >= 4 is 28.7 Å². The third-order valence-corrected chi connectivity index (χ3v) is 5.57. The number of aliphatic hydroxyl groups is 1. The summed E-state index contributed by atoms with van der Waals surface area (Å²) < 4.78 is 0. The summed E-state index contributed by atoms with van der Waals surface area (Å²) in [6, 6.07) is 17.1. The standard InChI is InChI=1S/C20H23NOS/c1-4-15(22)13-23-14(2)20-16-9-5-7-11-18(16)21(3)19-12-8-6-10-17(19)20/h5-12,15,22H,4,13H2,1-3H3. The molecule has 120 valence electrons. The average Bonchev–Trinajstić information content (AvgIpc) is 2.60. The van der Waals surface area contributed by atoms with Crippen molar-refractivity contribution in [1.82, 2.24) is 0 Å². The van der Waals surface area contributed by atoms with E-state index in [2.05, 4.69) is 67.4 Å². The number of nitrogens with zero attached hydrogens (tertiary/aromatic N) is 1. The maximum Gasteiger partial charge on any atom is 0.0631 e. The molecule has 0 amide bonds. The first-order chi connectivity index (χ1) is 11.1. The van der Waals surface area contributed by atoms with Gasteiger partial charge in [-0.2, -0.15) is 0 Å². The number of hydrogen-bond donors (Lipinski definition) is 1. The first-order valence-corrected chi connectivity index (χ1v) is 9.06. The fourth-order valence-corrected chi connectivity index (χ4v) is 4.06. The smallest absolute Gasteiger partial charge is 0.0631 e. The molecule has 1 aliphatic rings. The van der Waals surface area contributed by atoms with E-state index in [1.807, 2.05) is 6.92 Å². The van der Waals surface area contributed by atoms with Gasteiger partial charge in [-0.1, -0.05) is 43.3 Å². The Morgan fingerprint density at radius 3 is 2.09 bits per heavy atom. The van der Waals surface area contributed by atoms with Gasteiger partial charge in [-0.05, 0) is 30.4 Å². The molecule has 0 saturated carbocycles. The van der Waals surface area contributed by atoms with Crippen molar-refractivity contribution in [2.24, 2.45) is 0 Å². The third-order valence-electron chi connectivity index (χ3n) is 4.39. The van der Waals surface area contributed by atoms with E-state index in [1.165, 1.54) is 33.0 Å². The molecule has 0 aromatic heterocycles. The normalized spacial score (nSPS) is 14.3. The zero-order valence-electron chi connectivity index (χ0n) is 13.9. The van der Waals surface area contributed by atoms with Crippen molar-refractivity contribution in [1.29, 1.82) is 0 Å². The van der Waals surface area contributed by atoms with Gasteiger partial charge in [-0.25, -0.2) is 0 Å². The second kappa shape index (κ2) is 6.81. The highest BCUT2D eigenvalue weighted by atomic mass is 32.2. The molecule has 0 fully saturated rings. The van der Waals surface area contributed by atoms with Crippen LogP contribution in [-0.4, -0.2) is 24.0 Å². The summed E-state index contributed by atoms with van der Waals surface area (Å²) in [4.78, 5) is 3.53. The number of hydrogen-bond acceptors (Lipinski definition) is 3. The molecule has 1 N–H and O–H groups in total. The lowest BCUT2D eigenvalue weighted by molar-refractivity contribution is 0.195. The maximum absolute atomic E-state index is 9.89. The number of para-hydroxylation sites is 2. The monoisotopic (exact) mass is 325 g/mol. The van der Waals surface area contributed by atoms with E-state index in [0.29, 0.717) is 0 Å². The summed E-state index contributed by atoms with van der Waals surface area (Å²) in [5.41, 5.74) is 6.30. The fourth-order valence-electron chi connectivity index (χ4n) is 3.02. The Bertz CT molecular complexity index is 688. The van der Waals surface area contributed by atoms with Gasteiger partial charge in [0.05, 0.1) is 6.10 Å². The molecule has 0 spiro atoms. The van der Waals surface area contributed by atoms with Crippen LogP contribution in [0.15, 0.2) is 53.4 Å². The predicted octanol–water partition coefficient (Wildman–Crippen LogP) is 5.05. The van der Waals surface area contributed by atoms with Crippen LogP contribution in [0, 0.1) is 0 Å². The highest BCUT2D eigenvalue weighted by Gasteiger charge is 2.25. The molecule has 23 heavy (non-hydrogen) atoms. The van der Waals surface area contributed by atoms with Crippen LogP contribution in [0.2, 0.25) is 0 Å². The maximum atomic E-state index is 9.89. The van der Waals surface area contributed by atoms with Gasteiger partial charge in [0.25, 0.3) is 0 Å². The highest BCUT2D eigenvalue weighted by molar-refractivity contribution is 8.03. The van der Waals surface area contributed by atoms with Crippen LogP contribution in [0.25, 0.3) is 5.57 Å². The van der Waals surface area contributed by atoms with Gasteiger partial charge in [-0.3, -0.25) is 0 Å². The summed E-state index contributed by atoms with van der Waals surface area (Å²) in [7, 11) is 2.12. The zero-order chi connectivity index (χ0) is 16.4. The molecule has 0 saturated heterocycles. The van der Waals surface area contributed by atoms with Gasteiger partial charge in [0.2, 0.25) is 0 Å². The molecule has 1 atom stereocenters. The van der Waals surface area contributed by atoms with Crippen LogP contribution >= 0.6 is 11.8 Å². The van der Waals surface area contributed by atoms with Gasteiger partial charge in [0.15, 0.2) is 0 Å². The average molecular weight is 325 g/mol. The minimum atomic E-state index is -0.243. The molecule has 0 aliphatic carbocycles. The Balaban J connectivity index is 2.11. The Labute approximate surface area is 142 Å². The Kier molecular flexibility index (Phi) is 4.79. The predicted molar refractivity (Wildman–Crippen MR) is 101 cm³/mol. The summed E-state index contributed by atoms with van der Waals surface area (Å²) >= 11 is 1.76. The second-order valence-electron chi connectivity index (χ2n) is 5.90. The zero-order valence-corrected chi connectivity index (χ0v) is 14.7.